The number of amides is 1. The second kappa shape index (κ2) is 8.15. The van der Waals surface area contributed by atoms with E-state index in [-0.39, 0.29) is 11.9 Å². The third-order valence-corrected chi connectivity index (χ3v) is 4.88. The van der Waals surface area contributed by atoms with E-state index < -0.39 is 0 Å². The zero-order valence-electron chi connectivity index (χ0n) is 14.5. The van der Waals surface area contributed by atoms with E-state index >= 15 is 0 Å². The molecule has 0 unspecified atom stereocenters. The Bertz CT molecular complexity index is 874. The van der Waals surface area contributed by atoms with Gasteiger partial charge in [0.2, 0.25) is 5.91 Å². The molecule has 1 aliphatic rings. The molecular weight excluding hydrogens is 392 g/mol. The van der Waals surface area contributed by atoms with Crippen LogP contribution < -0.4 is 4.90 Å². The van der Waals surface area contributed by atoms with Crippen LogP contribution in [0.2, 0.25) is 0 Å². The molecule has 3 rings (SSSR count). The molecule has 0 saturated carbocycles. The van der Waals surface area contributed by atoms with Crippen molar-refractivity contribution in [3.05, 3.63) is 64.3 Å². The molecule has 1 aromatic carbocycles. The number of pyridine rings is 1. The Labute approximate surface area is 161 Å². The molecule has 5 nitrogen and oxygen atoms in total. The van der Waals surface area contributed by atoms with Crippen molar-refractivity contribution in [1.82, 2.24) is 9.88 Å². The summed E-state index contributed by atoms with van der Waals surface area (Å²) in [7, 11) is 0. The zero-order valence-corrected chi connectivity index (χ0v) is 16.1. The highest BCUT2D eigenvalue weighted by molar-refractivity contribution is 9.10. The van der Waals surface area contributed by atoms with Crippen LogP contribution in [0.15, 0.2) is 53.1 Å². The third kappa shape index (κ3) is 4.12. The number of nitriles is 1. The number of nitrogens with zero attached hydrogens (tertiary/aromatic N) is 4. The Morgan fingerprint density at radius 1 is 1.35 bits per heavy atom. The number of carbonyl (C=O) groups is 1. The zero-order chi connectivity index (χ0) is 18.5. The topological polar surface area (TPSA) is 60.2 Å². The summed E-state index contributed by atoms with van der Waals surface area (Å²) in [5, 5.41) is 9.26. The van der Waals surface area contributed by atoms with E-state index in [1.807, 2.05) is 42.2 Å². The van der Waals surface area contributed by atoms with E-state index in [2.05, 4.69) is 31.9 Å². The van der Waals surface area contributed by atoms with E-state index in [1.54, 1.807) is 24.4 Å². The van der Waals surface area contributed by atoms with Gasteiger partial charge in [0, 0.05) is 42.4 Å². The van der Waals surface area contributed by atoms with Crippen LogP contribution in [0.1, 0.15) is 18.1 Å². The Morgan fingerprint density at radius 3 is 2.92 bits per heavy atom. The molecular formula is C20H19BrN4O. The van der Waals surface area contributed by atoms with E-state index in [1.165, 1.54) is 0 Å². The maximum absolute atomic E-state index is 12.6. The first kappa shape index (κ1) is 18.2. The number of anilines is 1. The lowest BCUT2D eigenvalue weighted by molar-refractivity contribution is -0.128. The fourth-order valence-electron chi connectivity index (χ4n) is 3.09. The largest absolute Gasteiger partial charge is 0.352 e. The number of piperazine rings is 1. The van der Waals surface area contributed by atoms with Gasteiger partial charge in [-0.05, 0) is 42.8 Å². The lowest BCUT2D eigenvalue weighted by atomic mass is 10.1. The van der Waals surface area contributed by atoms with Crippen LogP contribution >= 0.6 is 15.9 Å². The van der Waals surface area contributed by atoms with Crippen LogP contribution in [0, 0.1) is 11.3 Å². The predicted octanol–water partition coefficient (Wildman–Crippen LogP) is 3.47. The van der Waals surface area contributed by atoms with Crippen LogP contribution in [0.25, 0.3) is 6.08 Å². The molecule has 1 atom stereocenters. The molecule has 1 aromatic heterocycles. The van der Waals surface area contributed by atoms with Crippen LogP contribution in [-0.4, -0.2) is 41.5 Å². The molecule has 1 saturated heterocycles. The van der Waals surface area contributed by atoms with Crippen LogP contribution in [0.5, 0.6) is 0 Å². The summed E-state index contributed by atoms with van der Waals surface area (Å²) in [5.41, 5.74) is 1.54. The highest BCUT2D eigenvalue weighted by Crippen LogP contribution is 2.21. The number of halogens is 1. The second-order valence-electron chi connectivity index (χ2n) is 6.20. The van der Waals surface area contributed by atoms with Crippen molar-refractivity contribution < 1.29 is 4.79 Å². The van der Waals surface area contributed by atoms with Crippen molar-refractivity contribution in [2.45, 2.75) is 13.0 Å². The second-order valence-corrected chi connectivity index (χ2v) is 7.12. The molecule has 26 heavy (non-hydrogen) atoms. The highest BCUT2D eigenvalue weighted by atomic mass is 79.9. The van der Waals surface area contributed by atoms with Gasteiger partial charge in [0.05, 0.1) is 5.56 Å². The van der Waals surface area contributed by atoms with Crippen LogP contribution in [0.4, 0.5) is 5.82 Å². The molecule has 1 amide bonds. The van der Waals surface area contributed by atoms with E-state index in [9.17, 15) is 10.1 Å². The number of carbonyl (C=O) groups excluding carboxylic acids is 1. The van der Waals surface area contributed by atoms with Gasteiger partial charge in [0.1, 0.15) is 11.9 Å². The van der Waals surface area contributed by atoms with Gasteiger partial charge in [-0.3, -0.25) is 4.79 Å². The van der Waals surface area contributed by atoms with Crippen molar-refractivity contribution in [3.8, 4) is 6.07 Å². The van der Waals surface area contributed by atoms with Crippen molar-refractivity contribution in [3.63, 3.8) is 0 Å². The van der Waals surface area contributed by atoms with Gasteiger partial charge in [0.15, 0.2) is 0 Å². The first-order chi connectivity index (χ1) is 12.6. The van der Waals surface area contributed by atoms with E-state index in [0.717, 1.165) is 10.0 Å². The summed E-state index contributed by atoms with van der Waals surface area (Å²) >= 11 is 3.43. The number of aromatic nitrogens is 1. The number of rotatable bonds is 3. The standard InChI is InChI=1S/C20H19BrN4O/c1-15-14-24(20-17(13-22)5-3-9-23-20)10-11-25(15)19(26)8-7-16-4-2-6-18(21)12-16/h2-9,12,15H,10-11,14H2,1H3/t15-/m1/s1. The normalized spacial score (nSPS) is 17.3. The average molecular weight is 411 g/mol. The number of benzene rings is 1. The molecule has 132 valence electrons. The molecule has 6 heteroatoms. The Balaban J connectivity index is 1.67. The monoisotopic (exact) mass is 410 g/mol. The smallest absolute Gasteiger partial charge is 0.246 e. The molecule has 1 aliphatic heterocycles. The van der Waals surface area contributed by atoms with E-state index in [0.29, 0.717) is 31.0 Å². The van der Waals surface area contributed by atoms with Gasteiger partial charge in [-0.15, -0.1) is 0 Å². The number of hydrogen-bond acceptors (Lipinski definition) is 4. The van der Waals surface area contributed by atoms with Crippen molar-refractivity contribution >= 4 is 33.7 Å². The Hall–Kier alpha value is -2.65. The summed E-state index contributed by atoms with van der Waals surface area (Å²) in [6, 6.07) is 13.6. The molecule has 0 bridgehead atoms. The summed E-state index contributed by atoms with van der Waals surface area (Å²) < 4.78 is 0.984. The predicted molar refractivity (Wildman–Crippen MR) is 106 cm³/mol. The minimum absolute atomic E-state index is 0.00125. The van der Waals surface area contributed by atoms with E-state index in [4.69, 9.17) is 0 Å². The summed E-state index contributed by atoms with van der Waals surface area (Å²) in [5.74, 6) is 0.692. The van der Waals surface area contributed by atoms with Crippen molar-refractivity contribution in [2.24, 2.45) is 0 Å². The van der Waals surface area contributed by atoms with Crippen LogP contribution in [-0.2, 0) is 4.79 Å². The fraction of sp³-hybridized carbons (Fsp3) is 0.250. The molecule has 0 aliphatic carbocycles. The van der Waals surface area contributed by atoms with Crippen molar-refractivity contribution in [1.29, 1.82) is 5.26 Å². The number of hydrogen-bond donors (Lipinski definition) is 0. The van der Waals surface area contributed by atoms with Gasteiger partial charge in [-0.25, -0.2) is 4.98 Å². The summed E-state index contributed by atoms with van der Waals surface area (Å²) in [4.78, 5) is 20.9. The molecule has 0 N–H and O–H groups in total. The maximum Gasteiger partial charge on any atom is 0.246 e. The Kier molecular flexibility index (Phi) is 5.69. The fourth-order valence-corrected chi connectivity index (χ4v) is 3.50. The minimum Gasteiger partial charge on any atom is -0.352 e. The van der Waals surface area contributed by atoms with Gasteiger partial charge < -0.3 is 9.80 Å². The molecule has 1 fully saturated rings. The Morgan fingerprint density at radius 2 is 2.19 bits per heavy atom. The van der Waals surface area contributed by atoms with Gasteiger partial charge in [-0.1, -0.05) is 28.1 Å². The minimum atomic E-state index is -0.00125. The van der Waals surface area contributed by atoms with Gasteiger partial charge in [-0.2, -0.15) is 5.26 Å². The first-order valence-electron chi connectivity index (χ1n) is 8.43. The highest BCUT2D eigenvalue weighted by Gasteiger charge is 2.27. The first-order valence-corrected chi connectivity index (χ1v) is 9.22. The van der Waals surface area contributed by atoms with Gasteiger partial charge in [0.25, 0.3) is 0 Å². The molecule has 0 radical (unpaired) electrons. The lowest BCUT2D eigenvalue weighted by Gasteiger charge is -2.40. The molecule has 2 aromatic rings. The molecule has 2 heterocycles. The average Bonchev–Trinajstić information content (AvgIpc) is 2.66. The van der Waals surface area contributed by atoms with Crippen LogP contribution in [0.3, 0.4) is 0 Å². The SMILES string of the molecule is C[C@@H]1CN(c2ncccc2C#N)CCN1C(=O)C=Cc1cccc(Br)c1. The van der Waals surface area contributed by atoms with Crippen molar-refractivity contribution in [2.75, 3.05) is 24.5 Å². The molecule has 0 spiro atoms. The maximum atomic E-state index is 12.6. The summed E-state index contributed by atoms with van der Waals surface area (Å²) in [6.45, 7) is 3.94. The quantitative estimate of drug-likeness (QED) is 0.726. The van der Waals surface area contributed by atoms with Gasteiger partial charge >= 0.3 is 0 Å². The third-order valence-electron chi connectivity index (χ3n) is 4.38. The summed E-state index contributed by atoms with van der Waals surface area (Å²) in [6.07, 6.45) is 5.15. The lowest BCUT2D eigenvalue weighted by Crippen LogP contribution is -2.54.